The SMILES string of the molecule is CCOC(=O)c1[nH]c(=O)[nH]c1CN1CCC(C(=O)OCC)(c2ccccc2)CC1. The van der Waals surface area contributed by atoms with E-state index in [2.05, 4.69) is 14.9 Å². The van der Waals surface area contributed by atoms with E-state index in [1.165, 1.54) is 0 Å². The summed E-state index contributed by atoms with van der Waals surface area (Å²) in [5, 5.41) is 0. The van der Waals surface area contributed by atoms with E-state index in [0.717, 1.165) is 5.56 Å². The fraction of sp³-hybridized carbons (Fsp3) is 0.476. The molecule has 1 fully saturated rings. The zero-order valence-corrected chi connectivity index (χ0v) is 16.8. The Morgan fingerprint density at radius 3 is 2.31 bits per heavy atom. The van der Waals surface area contributed by atoms with Crippen molar-refractivity contribution in [2.24, 2.45) is 0 Å². The predicted molar refractivity (Wildman–Crippen MR) is 107 cm³/mol. The summed E-state index contributed by atoms with van der Waals surface area (Å²) in [5.74, 6) is -0.754. The van der Waals surface area contributed by atoms with Crippen LogP contribution >= 0.6 is 0 Å². The van der Waals surface area contributed by atoms with Gasteiger partial charge in [0, 0.05) is 6.54 Å². The Morgan fingerprint density at radius 2 is 1.69 bits per heavy atom. The van der Waals surface area contributed by atoms with Crippen LogP contribution in [0.1, 0.15) is 48.4 Å². The number of carbonyl (C=O) groups is 2. The van der Waals surface area contributed by atoms with Crippen molar-refractivity contribution >= 4 is 11.9 Å². The molecule has 8 nitrogen and oxygen atoms in total. The number of esters is 2. The molecule has 0 atom stereocenters. The molecule has 3 rings (SSSR count). The highest BCUT2D eigenvalue weighted by Gasteiger charge is 2.44. The van der Waals surface area contributed by atoms with Gasteiger partial charge in [-0.2, -0.15) is 0 Å². The van der Waals surface area contributed by atoms with Crippen LogP contribution in [0.15, 0.2) is 35.1 Å². The quantitative estimate of drug-likeness (QED) is 0.688. The van der Waals surface area contributed by atoms with Crippen molar-refractivity contribution < 1.29 is 19.1 Å². The Labute approximate surface area is 169 Å². The standard InChI is InChI=1S/C21H27N3O5/c1-3-28-18(25)17-16(22-20(27)23-17)14-24-12-10-21(11-13-24,19(26)29-4-2)15-8-6-5-7-9-15/h5-9H,3-4,10-14H2,1-2H3,(H2,22,23,27). The summed E-state index contributed by atoms with van der Waals surface area (Å²) >= 11 is 0. The number of carbonyl (C=O) groups excluding carboxylic acids is 2. The molecule has 156 valence electrons. The molecule has 1 aromatic heterocycles. The maximum Gasteiger partial charge on any atom is 0.356 e. The van der Waals surface area contributed by atoms with Crippen molar-refractivity contribution in [1.82, 2.24) is 14.9 Å². The molecule has 0 radical (unpaired) electrons. The Bertz CT molecular complexity index is 895. The number of H-pyrrole nitrogens is 2. The molecule has 0 saturated carbocycles. The Hall–Kier alpha value is -2.87. The molecule has 2 aromatic rings. The Kier molecular flexibility index (Phi) is 6.53. The van der Waals surface area contributed by atoms with E-state index in [1.807, 2.05) is 37.3 Å². The normalized spacial score (nSPS) is 16.3. The third-order valence-electron chi connectivity index (χ3n) is 5.37. The summed E-state index contributed by atoms with van der Waals surface area (Å²) < 4.78 is 10.4. The van der Waals surface area contributed by atoms with Crippen LogP contribution in [-0.4, -0.2) is 53.1 Å². The van der Waals surface area contributed by atoms with Crippen molar-refractivity contribution in [3.05, 3.63) is 57.8 Å². The molecule has 1 aliphatic heterocycles. The van der Waals surface area contributed by atoms with Crippen LogP contribution in [0.2, 0.25) is 0 Å². The molecule has 2 N–H and O–H groups in total. The number of hydrogen-bond acceptors (Lipinski definition) is 6. The maximum absolute atomic E-state index is 12.8. The van der Waals surface area contributed by atoms with E-state index in [4.69, 9.17) is 9.47 Å². The van der Waals surface area contributed by atoms with Crippen molar-refractivity contribution in [2.45, 2.75) is 38.6 Å². The molecule has 1 saturated heterocycles. The fourth-order valence-corrected chi connectivity index (χ4v) is 3.87. The fourth-order valence-electron chi connectivity index (χ4n) is 3.87. The lowest BCUT2D eigenvalue weighted by molar-refractivity contribution is -0.152. The van der Waals surface area contributed by atoms with Crippen LogP contribution < -0.4 is 5.69 Å². The minimum absolute atomic E-state index is 0.155. The molecular weight excluding hydrogens is 374 g/mol. The third-order valence-corrected chi connectivity index (χ3v) is 5.37. The smallest absolute Gasteiger partial charge is 0.356 e. The molecule has 0 unspecified atom stereocenters. The molecule has 1 aromatic carbocycles. The molecule has 0 aliphatic carbocycles. The van der Waals surface area contributed by atoms with Crippen molar-refractivity contribution in [2.75, 3.05) is 26.3 Å². The minimum atomic E-state index is -0.677. The molecule has 2 heterocycles. The zero-order valence-electron chi connectivity index (χ0n) is 16.8. The lowest BCUT2D eigenvalue weighted by Gasteiger charge is -2.40. The van der Waals surface area contributed by atoms with E-state index in [1.54, 1.807) is 6.92 Å². The summed E-state index contributed by atoms with van der Waals surface area (Å²) in [6.45, 7) is 5.74. The number of piperidine rings is 1. The van der Waals surface area contributed by atoms with E-state index in [9.17, 15) is 14.4 Å². The molecule has 0 amide bonds. The van der Waals surface area contributed by atoms with Gasteiger partial charge < -0.3 is 14.5 Å². The number of ether oxygens (including phenoxy) is 2. The largest absolute Gasteiger partial charge is 0.465 e. The molecule has 1 aliphatic rings. The van der Waals surface area contributed by atoms with Gasteiger partial charge in [0.15, 0.2) is 0 Å². The zero-order chi connectivity index (χ0) is 20.9. The summed E-state index contributed by atoms with van der Waals surface area (Å²) in [4.78, 5) is 43.9. The van der Waals surface area contributed by atoms with E-state index >= 15 is 0 Å². The first-order valence-corrected chi connectivity index (χ1v) is 9.93. The topological polar surface area (TPSA) is 104 Å². The van der Waals surface area contributed by atoms with Gasteiger partial charge in [0.2, 0.25) is 0 Å². The van der Waals surface area contributed by atoms with Gasteiger partial charge in [-0.05, 0) is 45.3 Å². The van der Waals surface area contributed by atoms with Crippen molar-refractivity contribution in [3.8, 4) is 0 Å². The molecule has 0 bridgehead atoms. The molecular formula is C21H27N3O5. The second kappa shape index (κ2) is 9.09. The van der Waals surface area contributed by atoms with Gasteiger partial charge in [-0.1, -0.05) is 30.3 Å². The summed E-state index contributed by atoms with van der Waals surface area (Å²) in [5.41, 5.74) is 0.494. The highest BCUT2D eigenvalue weighted by atomic mass is 16.5. The molecule has 0 spiro atoms. The van der Waals surface area contributed by atoms with Gasteiger partial charge in [-0.3, -0.25) is 14.7 Å². The summed E-state index contributed by atoms with van der Waals surface area (Å²) in [7, 11) is 0. The number of hydrogen-bond donors (Lipinski definition) is 2. The Morgan fingerprint density at radius 1 is 1.03 bits per heavy atom. The first-order chi connectivity index (χ1) is 14.0. The number of aromatic nitrogens is 2. The van der Waals surface area contributed by atoms with E-state index in [-0.39, 0.29) is 18.3 Å². The van der Waals surface area contributed by atoms with E-state index in [0.29, 0.717) is 44.8 Å². The van der Waals surface area contributed by atoms with Crippen LogP contribution in [-0.2, 0) is 26.2 Å². The maximum atomic E-state index is 12.8. The second-order valence-corrected chi connectivity index (χ2v) is 7.10. The van der Waals surface area contributed by atoms with Crippen LogP contribution in [0.4, 0.5) is 0 Å². The lowest BCUT2D eigenvalue weighted by atomic mass is 9.72. The van der Waals surface area contributed by atoms with Gasteiger partial charge in [0.05, 0.1) is 24.3 Å². The predicted octanol–water partition coefficient (Wildman–Crippen LogP) is 1.98. The number of nitrogens with zero attached hydrogens (tertiary/aromatic N) is 1. The monoisotopic (exact) mass is 401 g/mol. The second-order valence-electron chi connectivity index (χ2n) is 7.10. The third kappa shape index (κ3) is 4.42. The van der Waals surface area contributed by atoms with E-state index < -0.39 is 17.1 Å². The highest BCUT2D eigenvalue weighted by molar-refractivity contribution is 5.88. The molecule has 29 heavy (non-hydrogen) atoms. The number of nitrogens with one attached hydrogen (secondary N) is 2. The lowest BCUT2D eigenvalue weighted by Crippen LogP contribution is -2.48. The van der Waals surface area contributed by atoms with Crippen molar-refractivity contribution in [3.63, 3.8) is 0 Å². The minimum Gasteiger partial charge on any atom is -0.465 e. The van der Waals surface area contributed by atoms with Gasteiger partial charge in [0.25, 0.3) is 0 Å². The number of benzene rings is 1. The van der Waals surface area contributed by atoms with Crippen LogP contribution in [0, 0.1) is 0 Å². The Balaban J connectivity index is 1.76. The van der Waals surface area contributed by atoms with Gasteiger partial charge in [-0.25, -0.2) is 9.59 Å². The average molecular weight is 401 g/mol. The van der Waals surface area contributed by atoms with Gasteiger partial charge >= 0.3 is 17.6 Å². The van der Waals surface area contributed by atoms with Crippen molar-refractivity contribution in [1.29, 1.82) is 0 Å². The summed E-state index contributed by atoms with van der Waals surface area (Å²) in [6.07, 6.45) is 1.19. The number of aromatic amines is 2. The van der Waals surface area contributed by atoms with Gasteiger partial charge in [-0.15, -0.1) is 0 Å². The first kappa shape index (κ1) is 20.9. The molecule has 8 heteroatoms. The van der Waals surface area contributed by atoms with Gasteiger partial charge in [0.1, 0.15) is 5.69 Å². The summed E-state index contributed by atoms with van der Waals surface area (Å²) in [6, 6.07) is 9.72. The highest BCUT2D eigenvalue weighted by Crippen LogP contribution is 2.37. The number of imidazole rings is 1. The van der Waals surface area contributed by atoms with Crippen LogP contribution in [0.3, 0.4) is 0 Å². The van der Waals surface area contributed by atoms with Crippen LogP contribution in [0.25, 0.3) is 0 Å². The average Bonchev–Trinajstić information content (AvgIpc) is 3.10. The first-order valence-electron chi connectivity index (χ1n) is 9.93. The van der Waals surface area contributed by atoms with Crippen LogP contribution in [0.5, 0.6) is 0 Å². The number of rotatable bonds is 7. The number of likely N-dealkylation sites (tertiary alicyclic amines) is 1.